The van der Waals surface area contributed by atoms with E-state index in [0.29, 0.717) is 23.2 Å². The summed E-state index contributed by atoms with van der Waals surface area (Å²) in [6, 6.07) is 7.19. The monoisotopic (exact) mass is 372 g/mol. The van der Waals surface area contributed by atoms with Crippen molar-refractivity contribution >= 4 is 11.7 Å². The first-order valence-corrected chi connectivity index (χ1v) is 8.91. The van der Waals surface area contributed by atoms with Gasteiger partial charge in [0.2, 0.25) is 11.8 Å². The molecule has 0 aliphatic heterocycles. The minimum atomic E-state index is -0.234. The molecule has 0 saturated heterocycles. The molecule has 0 bridgehead atoms. The fraction of sp³-hybridized carbons (Fsp3) is 0.421. The van der Waals surface area contributed by atoms with Gasteiger partial charge in [-0.05, 0) is 37.8 Å². The first-order valence-electron chi connectivity index (χ1n) is 8.91. The molecule has 3 rings (SSSR count). The van der Waals surface area contributed by atoms with Gasteiger partial charge in [-0.2, -0.15) is 4.98 Å². The molecular weight excluding hydrogens is 348 g/mol. The number of nitrogens with zero attached hydrogens (tertiary/aromatic N) is 2. The van der Waals surface area contributed by atoms with Crippen LogP contribution in [0.5, 0.6) is 17.5 Å². The van der Waals surface area contributed by atoms with Crippen LogP contribution in [0, 0.1) is 0 Å². The number of benzene rings is 1. The van der Waals surface area contributed by atoms with Gasteiger partial charge in [-0.25, -0.2) is 4.79 Å². The van der Waals surface area contributed by atoms with Gasteiger partial charge >= 0.3 is 6.03 Å². The third kappa shape index (κ3) is 5.22. The second-order valence-electron chi connectivity index (χ2n) is 6.29. The number of hydrogen-bond donors (Lipinski definition) is 2. The number of aromatic nitrogens is 2. The van der Waals surface area contributed by atoms with E-state index in [-0.39, 0.29) is 18.2 Å². The van der Waals surface area contributed by atoms with Crippen molar-refractivity contribution in [2.75, 3.05) is 19.5 Å². The second kappa shape index (κ2) is 9.07. The summed E-state index contributed by atoms with van der Waals surface area (Å²) in [5.74, 6) is 1.51. The van der Waals surface area contributed by atoms with Crippen LogP contribution in [0.1, 0.15) is 25.7 Å². The van der Waals surface area contributed by atoms with E-state index in [9.17, 15) is 4.79 Å². The lowest BCUT2D eigenvalue weighted by Gasteiger charge is -2.29. The Bertz CT molecular complexity index is 763. The smallest absolute Gasteiger partial charge is 0.319 e. The Balaban J connectivity index is 1.45. The van der Waals surface area contributed by atoms with Crippen molar-refractivity contribution in [3.8, 4) is 17.5 Å². The molecule has 2 amide bonds. The molecule has 2 N–H and O–H groups in total. The van der Waals surface area contributed by atoms with Crippen molar-refractivity contribution in [2.24, 2.45) is 0 Å². The van der Waals surface area contributed by atoms with Gasteiger partial charge in [0.15, 0.2) is 0 Å². The van der Waals surface area contributed by atoms with Crippen LogP contribution in [0.2, 0.25) is 0 Å². The van der Waals surface area contributed by atoms with Crippen LogP contribution < -0.4 is 24.8 Å². The molecule has 144 valence electrons. The summed E-state index contributed by atoms with van der Waals surface area (Å²) >= 11 is 0. The molecule has 1 aliphatic rings. The standard InChI is InChI=1S/C19H24N4O4/c1-25-16-6-4-3-5-15(16)22-19(24)21-13-7-9-14(10-8-13)27-18-12-20-11-17(23-18)26-2/h3-6,11-14H,7-10H2,1-2H3,(H2,21,22,24). The summed E-state index contributed by atoms with van der Waals surface area (Å²) in [4.78, 5) is 20.5. The normalized spacial score (nSPS) is 19.0. The van der Waals surface area contributed by atoms with E-state index >= 15 is 0 Å². The first kappa shape index (κ1) is 18.8. The van der Waals surface area contributed by atoms with Crippen LogP contribution in [0.3, 0.4) is 0 Å². The number of para-hydroxylation sites is 2. The van der Waals surface area contributed by atoms with Crippen LogP contribution in [-0.2, 0) is 0 Å². The zero-order valence-electron chi connectivity index (χ0n) is 15.5. The first-order chi connectivity index (χ1) is 13.2. The Morgan fingerprint density at radius 3 is 2.52 bits per heavy atom. The van der Waals surface area contributed by atoms with Crippen molar-refractivity contribution in [3.63, 3.8) is 0 Å². The van der Waals surface area contributed by atoms with Gasteiger partial charge in [-0.15, -0.1) is 0 Å². The molecule has 2 aromatic rings. The van der Waals surface area contributed by atoms with Gasteiger partial charge in [0.1, 0.15) is 11.9 Å². The van der Waals surface area contributed by atoms with E-state index in [2.05, 4.69) is 20.6 Å². The van der Waals surface area contributed by atoms with Crippen LogP contribution in [0.25, 0.3) is 0 Å². The number of hydrogen-bond acceptors (Lipinski definition) is 6. The highest BCUT2D eigenvalue weighted by Gasteiger charge is 2.24. The Hall–Kier alpha value is -3.03. The molecule has 1 fully saturated rings. The Kier molecular flexibility index (Phi) is 6.30. The van der Waals surface area contributed by atoms with E-state index in [1.165, 1.54) is 6.20 Å². The van der Waals surface area contributed by atoms with E-state index in [1.807, 2.05) is 12.1 Å². The lowest BCUT2D eigenvalue weighted by molar-refractivity contribution is 0.134. The predicted octanol–water partition coefficient (Wildman–Crippen LogP) is 3.01. The van der Waals surface area contributed by atoms with Crippen LogP contribution in [-0.4, -0.2) is 42.4 Å². The van der Waals surface area contributed by atoms with Gasteiger partial charge < -0.3 is 24.8 Å². The number of methoxy groups -OCH3 is 2. The molecule has 0 atom stereocenters. The van der Waals surface area contributed by atoms with Crippen molar-refractivity contribution in [1.29, 1.82) is 0 Å². The molecule has 0 unspecified atom stereocenters. The minimum absolute atomic E-state index is 0.0572. The van der Waals surface area contributed by atoms with E-state index in [1.54, 1.807) is 32.5 Å². The van der Waals surface area contributed by atoms with E-state index < -0.39 is 0 Å². The van der Waals surface area contributed by atoms with E-state index in [4.69, 9.17) is 14.2 Å². The van der Waals surface area contributed by atoms with Gasteiger partial charge in [0.05, 0.1) is 32.3 Å². The Morgan fingerprint density at radius 1 is 1.04 bits per heavy atom. The highest BCUT2D eigenvalue weighted by molar-refractivity contribution is 5.91. The fourth-order valence-corrected chi connectivity index (χ4v) is 3.07. The van der Waals surface area contributed by atoms with Crippen LogP contribution in [0.4, 0.5) is 10.5 Å². The van der Waals surface area contributed by atoms with Crippen molar-refractivity contribution in [2.45, 2.75) is 37.8 Å². The average molecular weight is 372 g/mol. The van der Waals surface area contributed by atoms with Crippen molar-refractivity contribution < 1.29 is 19.0 Å². The van der Waals surface area contributed by atoms with Crippen molar-refractivity contribution in [1.82, 2.24) is 15.3 Å². The van der Waals surface area contributed by atoms with Gasteiger partial charge in [-0.3, -0.25) is 4.98 Å². The molecule has 1 aromatic carbocycles. The van der Waals surface area contributed by atoms with Gasteiger partial charge in [-0.1, -0.05) is 12.1 Å². The number of rotatable bonds is 6. The summed E-state index contributed by atoms with van der Waals surface area (Å²) in [6.45, 7) is 0. The largest absolute Gasteiger partial charge is 0.495 e. The topological polar surface area (TPSA) is 94.6 Å². The molecule has 1 aliphatic carbocycles. The summed E-state index contributed by atoms with van der Waals surface area (Å²) < 4.78 is 16.2. The third-order valence-electron chi connectivity index (χ3n) is 4.45. The molecule has 1 saturated carbocycles. The molecule has 0 spiro atoms. The molecular formula is C19H24N4O4. The predicted molar refractivity (Wildman–Crippen MR) is 100 cm³/mol. The average Bonchev–Trinajstić information content (AvgIpc) is 2.70. The maximum Gasteiger partial charge on any atom is 0.319 e. The molecule has 8 nitrogen and oxygen atoms in total. The SMILES string of the molecule is COc1cncc(OC2CCC(NC(=O)Nc3ccccc3OC)CC2)n1. The van der Waals surface area contributed by atoms with Gasteiger partial charge in [0.25, 0.3) is 0 Å². The number of anilines is 1. The van der Waals surface area contributed by atoms with Crippen LogP contribution in [0.15, 0.2) is 36.7 Å². The van der Waals surface area contributed by atoms with E-state index in [0.717, 1.165) is 25.7 Å². The number of carbonyl (C=O) groups excluding carboxylic acids is 1. The minimum Gasteiger partial charge on any atom is -0.495 e. The lowest BCUT2D eigenvalue weighted by Crippen LogP contribution is -2.41. The number of ether oxygens (including phenoxy) is 3. The highest BCUT2D eigenvalue weighted by atomic mass is 16.5. The fourth-order valence-electron chi connectivity index (χ4n) is 3.07. The zero-order chi connectivity index (χ0) is 19.1. The summed E-state index contributed by atoms with van der Waals surface area (Å²) in [5.41, 5.74) is 0.645. The highest BCUT2D eigenvalue weighted by Crippen LogP contribution is 2.25. The molecule has 0 radical (unpaired) electrons. The summed E-state index contributed by atoms with van der Waals surface area (Å²) in [7, 11) is 3.12. The maximum absolute atomic E-state index is 12.3. The third-order valence-corrected chi connectivity index (χ3v) is 4.45. The summed E-state index contributed by atoms with van der Waals surface area (Å²) in [5, 5.41) is 5.85. The lowest BCUT2D eigenvalue weighted by atomic mass is 9.93. The Morgan fingerprint density at radius 2 is 1.78 bits per heavy atom. The number of nitrogens with one attached hydrogen (secondary N) is 2. The molecule has 1 aromatic heterocycles. The number of urea groups is 1. The summed E-state index contributed by atoms with van der Waals surface area (Å²) in [6.07, 6.45) is 6.50. The van der Waals surface area contributed by atoms with Crippen molar-refractivity contribution in [3.05, 3.63) is 36.7 Å². The van der Waals surface area contributed by atoms with Gasteiger partial charge in [0, 0.05) is 6.04 Å². The number of amides is 2. The Labute approximate surface area is 158 Å². The number of carbonyl (C=O) groups is 1. The molecule has 8 heteroatoms. The zero-order valence-corrected chi connectivity index (χ0v) is 15.5. The van der Waals surface area contributed by atoms with Crippen LogP contribution >= 0.6 is 0 Å². The maximum atomic E-state index is 12.3. The quantitative estimate of drug-likeness (QED) is 0.809. The molecule has 1 heterocycles. The second-order valence-corrected chi connectivity index (χ2v) is 6.29. The molecule has 27 heavy (non-hydrogen) atoms.